The Morgan fingerprint density at radius 2 is 1.96 bits per heavy atom. The van der Waals surface area contributed by atoms with E-state index in [1.807, 2.05) is 0 Å². The molecular weight excluding hydrogens is 365 g/mol. The molecule has 0 aliphatic rings. The average Bonchev–Trinajstić information content (AvgIpc) is 2.47. The molecule has 10 heteroatoms. The highest BCUT2D eigenvalue weighted by Crippen LogP contribution is 2.34. The van der Waals surface area contributed by atoms with E-state index < -0.39 is 21.1 Å². The molecule has 124 valence electrons. The van der Waals surface area contributed by atoms with Crippen LogP contribution in [0.1, 0.15) is 5.56 Å². The van der Waals surface area contributed by atoms with Crippen molar-refractivity contribution in [3.05, 3.63) is 44.3 Å². The summed E-state index contributed by atoms with van der Waals surface area (Å²) in [6.07, 6.45) is 1.98. The minimum atomic E-state index is -3.63. The molecular formula is C13H13Cl2N3O4S. The summed E-state index contributed by atoms with van der Waals surface area (Å²) in [6, 6.07) is 3.23. The van der Waals surface area contributed by atoms with Gasteiger partial charge in [-0.25, -0.2) is 13.1 Å². The van der Waals surface area contributed by atoms with Crippen LogP contribution in [0.25, 0.3) is 0 Å². The zero-order chi connectivity index (χ0) is 17.4. The number of sulfone groups is 1. The molecule has 23 heavy (non-hydrogen) atoms. The smallest absolute Gasteiger partial charge is 0.291 e. The number of hydrogen-bond acceptors (Lipinski definition) is 6. The fourth-order valence-electron chi connectivity index (χ4n) is 1.91. The van der Waals surface area contributed by atoms with Gasteiger partial charge in [-0.15, -0.1) is 0 Å². The minimum Gasteiger partial charge on any atom is -0.495 e. The highest BCUT2D eigenvalue weighted by molar-refractivity contribution is 7.90. The average molecular weight is 378 g/mol. The second-order valence-electron chi connectivity index (χ2n) is 4.71. The quantitative estimate of drug-likeness (QED) is 0.867. The Balaban J connectivity index is 2.49. The molecule has 7 nitrogen and oxygen atoms in total. The normalized spacial score (nSPS) is 11.5. The first-order chi connectivity index (χ1) is 10.7. The van der Waals surface area contributed by atoms with Crippen LogP contribution < -0.4 is 16.0 Å². The number of nitrogen functional groups attached to an aromatic ring is 1. The predicted octanol–water partition coefficient (Wildman–Crippen LogP) is 1.59. The van der Waals surface area contributed by atoms with Crippen molar-refractivity contribution < 1.29 is 13.2 Å². The van der Waals surface area contributed by atoms with E-state index in [2.05, 4.69) is 5.10 Å². The molecule has 0 aliphatic heterocycles. The van der Waals surface area contributed by atoms with Crippen molar-refractivity contribution in [2.45, 2.75) is 11.4 Å². The number of rotatable bonds is 4. The van der Waals surface area contributed by atoms with E-state index in [1.165, 1.54) is 7.11 Å². The monoisotopic (exact) mass is 377 g/mol. The number of nitrogens with two attached hydrogens (primary N) is 1. The molecule has 0 radical (unpaired) electrons. The molecule has 0 spiro atoms. The summed E-state index contributed by atoms with van der Waals surface area (Å²) in [7, 11) is -2.18. The molecule has 2 rings (SSSR count). The van der Waals surface area contributed by atoms with E-state index >= 15 is 0 Å². The van der Waals surface area contributed by atoms with Gasteiger partial charge in [0.25, 0.3) is 5.56 Å². The fraction of sp³-hybridized carbons (Fsp3) is 0.231. The third kappa shape index (κ3) is 3.44. The van der Waals surface area contributed by atoms with E-state index in [0.717, 1.165) is 17.1 Å². The van der Waals surface area contributed by atoms with Crippen molar-refractivity contribution in [3.63, 3.8) is 0 Å². The van der Waals surface area contributed by atoms with Gasteiger partial charge in [-0.2, -0.15) is 5.10 Å². The molecule has 0 aliphatic carbocycles. The van der Waals surface area contributed by atoms with E-state index in [9.17, 15) is 13.2 Å². The van der Waals surface area contributed by atoms with E-state index in [4.69, 9.17) is 33.7 Å². The van der Waals surface area contributed by atoms with Crippen molar-refractivity contribution in [2.75, 3.05) is 19.1 Å². The fourth-order valence-corrected chi connectivity index (χ4v) is 3.11. The Morgan fingerprint density at radius 1 is 1.30 bits per heavy atom. The van der Waals surface area contributed by atoms with Crippen LogP contribution >= 0.6 is 23.2 Å². The lowest BCUT2D eigenvalue weighted by Gasteiger charge is -2.11. The third-order valence-corrected chi connectivity index (χ3v) is 5.14. The van der Waals surface area contributed by atoms with Gasteiger partial charge >= 0.3 is 0 Å². The molecule has 0 bridgehead atoms. The maximum absolute atomic E-state index is 12.2. The van der Waals surface area contributed by atoms with Crippen LogP contribution in [0.3, 0.4) is 0 Å². The molecule has 2 aromatic rings. The third-order valence-electron chi connectivity index (χ3n) is 3.11. The van der Waals surface area contributed by atoms with Gasteiger partial charge in [0.1, 0.15) is 21.4 Å². The van der Waals surface area contributed by atoms with E-state index in [1.54, 1.807) is 12.1 Å². The summed E-state index contributed by atoms with van der Waals surface area (Å²) in [4.78, 5) is 11.9. The van der Waals surface area contributed by atoms with E-state index in [0.29, 0.717) is 11.3 Å². The maximum atomic E-state index is 12.2. The van der Waals surface area contributed by atoms with Gasteiger partial charge in [0.2, 0.25) is 0 Å². The first-order valence-corrected chi connectivity index (χ1v) is 8.88. The van der Waals surface area contributed by atoms with E-state index in [-0.39, 0.29) is 21.5 Å². The number of nitrogens with zero attached hydrogens (tertiary/aromatic N) is 2. The van der Waals surface area contributed by atoms with Crippen molar-refractivity contribution in [1.29, 1.82) is 0 Å². The van der Waals surface area contributed by atoms with Gasteiger partial charge in [0.05, 0.1) is 24.9 Å². The molecule has 2 N–H and O–H groups in total. The molecule has 0 atom stereocenters. The number of benzene rings is 1. The summed E-state index contributed by atoms with van der Waals surface area (Å²) in [5.41, 5.74) is 5.00. The predicted molar refractivity (Wildman–Crippen MR) is 88.1 cm³/mol. The van der Waals surface area contributed by atoms with Crippen LogP contribution in [0, 0.1) is 0 Å². The van der Waals surface area contributed by atoms with Crippen molar-refractivity contribution in [2.24, 2.45) is 0 Å². The number of aromatic nitrogens is 2. The SMILES string of the molecule is COc1ccc(Cn2ncc(S(C)(=O)=O)c(N)c2=O)c(Cl)c1Cl. The summed E-state index contributed by atoms with van der Waals surface area (Å²) in [6.45, 7) is -0.0182. The number of anilines is 1. The van der Waals surface area contributed by atoms with Gasteiger partial charge in [-0.05, 0) is 11.6 Å². The van der Waals surface area contributed by atoms with Crippen LogP contribution in [0.4, 0.5) is 5.69 Å². The summed E-state index contributed by atoms with van der Waals surface area (Å²) < 4.78 is 29.1. The topological polar surface area (TPSA) is 104 Å². The molecule has 0 unspecified atom stereocenters. The van der Waals surface area contributed by atoms with Crippen LogP contribution in [-0.2, 0) is 16.4 Å². The van der Waals surface area contributed by atoms with Crippen LogP contribution in [-0.4, -0.2) is 31.6 Å². The van der Waals surface area contributed by atoms with Crippen LogP contribution in [0.2, 0.25) is 10.0 Å². The summed E-state index contributed by atoms with van der Waals surface area (Å²) in [5, 5.41) is 4.25. The van der Waals surface area contributed by atoms with Gasteiger partial charge in [-0.3, -0.25) is 4.79 Å². The Kier molecular flexibility index (Phi) is 4.88. The zero-order valence-electron chi connectivity index (χ0n) is 12.2. The molecule has 0 fully saturated rings. The lowest BCUT2D eigenvalue weighted by molar-refractivity contribution is 0.415. The summed E-state index contributed by atoms with van der Waals surface area (Å²) in [5.74, 6) is 0.396. The highest BCUT2D eigenvalue weighted by atomic mass is 35.5. The lowest BCUT2D eigenvalue weighted by Crippen LogP contribution is -2.28. The molecule has 1 aromatic carbocycles. The Morgan fingerprint density at radius 3 is 2.52 bits per heavy atom. The second kappa shape index (κ2) is 6.38. The molecule has 0 amide bonds. The van der Waals surface area contributed by atoms with Crippen LogP contribution in [0.15, 0.2) is 28.0 Å². The van der Waals surface area contributed by atoms with Crippen molar-refractivity contribution >= 4 is 38.7 Å². The zero-order valence-corrected chi connectivity index (χ0v) is 14.5. The summed E-state index contributed by atoms with van der Waals surface area (Å²) >= 11 is 12.2. The molecule has 1 aromatic heterocycles. The largest absolute Gasteiger partial charge is 0.495 e. The first kappa shape index (κ1) is 17.6. The van der Waals surface area contributed by atoms with Gasteiger partial charge in [0, 0.05) is 6.26 Å². The first-order valence-electron chi connectivity index (χ1n) is 6.23. The van der Waals surface area contributed by atoms with Gasteiger partial charge in [-0.1, -0.05) is 29.3 Å². The van der Waals surface area contributed by atoms with Gasteiger partial charge < -0.3 is 10.5 Å². The lowest BCUT2D eigenvalue weighted by atomic mass is 10.2. The number of ether oxygens (including phenoxy) is 1. The molecule has 0 saturated carbocycles. The number of hydrogen-bond donors (Lipinski definition) is 1. The van der Waals surface area contributed by atoms with Crippen LogP contribution in [0.5, 0.6) is 5.75 Å². The van der Waals surface area contributed by atoms with Crippen molar-refractivity contribution in [3.8, 4) is 5.75 Å². The van der Waals surface area contributed by atoms with Crippen molar-refractivity contribution in [1.82, 2.24) is 9.78 Å². The Bertz CT molecular complexity index is 926. The maximum Gasteiger partial charge on any atom is 0.291 e. The standard InChI is InChI=1S/C13H13Cl2N3O4S/c1-22-8-4-3-7(10(14)11(8)15)6-18-13(19)12(16)9(5-17-18)23(2,20)21/h3-5H,6,16H2,1-2H3. The molecule has 0 saturated heterocycles. The minimum absolute atomic E-state index is 0.0182. The second-order valence-corrected chi connectivity index (χ2v) is 7.45. The molecule has 1 heterocycles. The highest BCUT2D eigenvalue weighted by Gasteiger charge is 2.18. The number of methoxy groups -OCH3 is 1. The van der Waals surface area contributed by atoms with Gasteiger partial charge in [0.15, 0.2) is 9.84 Å². The number of halogens is 2. The Labute approximate surface area is 142 Å². The Hall–Kier alpha value is -1.77.